The van der Waals surface area contributed by atoms with E-state index in [-0.39, 0.29) is 30.9 Å². The summed E-state index contributed by atoms with van der Waals surface area (Å²) < 4.78 is 44.7. The van der Waals surface area contributed by atoms with E-state index in [1.807, 2.05) is 12.1 Å². The predicted molar refractivity (Wildman–Crippen MR) is 130 cm³/mol. The number of nitrogens with one attached hydrogen (secondary N) is 1. The van der Waals surface area contributed by atoms with Crippen LogP contribution in [-0.2, 0) is 27.8 Å². The van der Waals surface area contributed by atoms with Crippen molar-refractivity contribution in [2.75, 3.05) is 17.2 Å². The molecule has 1 atom stereocenters. The van der Waals surface area contributed by atoms with Crippen molar-refractivity contribution in [3.05, 3.63) is 95.3 Å². The zero-order chi connectivity index (χ0) is 24.1. The standard InChI is InChI=1S/C26H27FN2O4S/c1-34(31,32)29(17-19-9-11-21(27)12-10-19)22-13-15-23(16-14-22)33-18-26(30)28-25-8-4-6-20-5-2-3-7-24(20)25/h2-3,5,7,9-16,25H,4,6,8,17-18H2,1H3,(H,28,30)/t25-/m1/s1. The Hall–Kier alpha value is -3.39. The normalized spacial score (nSPS) is 15.3. The molecule has 3 aromatic rings. The smallest absolute Gasteiger partial charge is 0.258 e. The molecule has 1 aliphatic carbocycles. The fraction of sp³-hybridized carbons (Fsp3) is 0.269. The molecule has 0 fully saturated rings. The zero-order valence-corrected chi connectivity index (χ0v) is 19.7. The summed E-state index contributed by atoms with van der Waals surface area (Å²) in [5, 5.41) is 3.05. The van der Waals surface area contributed by atoms with Crippen LogP contribution in [0.15, 0.2) is 72.8 Å². The Kier molecular flexibility index (Phi) is 7.17. The molecule has 0 heterocycles. The number of hydrogen-bond acceptors (Lipinski definition) is 4. The molecule has 0 spiro atoms. The highest BCUT2D eigenvalue weighted by Crippen LogP contribution is 2.29. The Morgan fingerprint density at radius 1 is 1.06 bits per heavy atom. The molecule has 0 aromatic heterocycles. The average molecular weight is 483 g/mol. The van der Waals surface area contributed by atoms with E-state index in [2.05, 4.69) is 17.4 Å². The van der Waals surface area contributed by atoms with Crippen molar-refractivity contribution < 1.29 is 22.3 Å². The van der Waals surface area contributed by atoms with Crippen LogP contribution in [0.25, 0.3) is 0 Å². The molecule has 0 radical (unpaired) electrons. The lowest BCUT2D eigenvalue weighted by Gasteiger charge is -2.26. The van der Waals surface area contributed by atoms with E-state index in [0.29, 0.717) is 17.0 Å². The van der Waals surface area contributed by atoms with Gasteiger partial charge in [-0.15, -0.1) is 0 Å². The Bertz CT molecular complexity index is 1240. The molecule has 6 nitrogen and oxygen atoms in total. The molecular formula is C26H27FN2O4S. The monoisotopic (exact) mass is 482 g/mol. The second kappa shape index (κ2) is 10.3. The van der Waals surface area contributed by atoms with Crippen LogP contribution in [0.3, 0.4) is 0 Å². The molecule has 34 heavy (non-hydrogen) atoms. The van der Waals surface area contributed by atoms with E-state index in [4.69, 9.17) is 4.74 Å². The number of fused-ring (bicyclic) bond motifs is 1. The van der Waals surface area contributed by atoms with Crippen LogP contribution in [-0.4, -0.2) is 27.2 Å². The van der Waals surface area contributed by atoms with Crippen molar-refractivity contribution in [2.45, 2.75) is 31.8 Å². The number of sulfonamides is 1. The Balaban J connectivity index is 1.37. The van der Waals surface area contributed by atoms with E-state index in [0.717, 1.165) is 31.1 Å². The van der Waals surface area contributed by atoms with Crippen molar-refractivity contribution in [3.63, 3.8) is 0 Å². The van der Waals surface area contributed by atoms with E-state index < -0.39 is 10.0 Å². The van der Waals surface area contributed by atoms with Gasteiger partial charge in [0.05, 0.1) is 24.5 Å². The molecule has 1 amide bonds. The molecule has 178 valence electrons. The average Bonchev–Trinajstić information content (AvgIpc) is 2.82. The van der Waals surface area contributed by atoms with Crippen molar-refractivity contribution in [3.8, 4) is 5.75 Å². The number of amides is 1. The van der Waals surface area contributed by atoms with Gasteiger partial charge in [0.15, 0.2) is 6.61 Å². The number of carbonyl (C=O) groups excluding carboxylic acids is 1. The first-order chi connectivity index (χ1) is 16.3. The second-order valence-corrected chi connectivity index (χ2v) is 10.3. The van der Waals surface area contributed by atoms with Crippen molar-refractivity contribution in [2.24, 2.45) is 0 Å². The summed E-state index contributed by atoms with van der Waals surface area (Å²) >= 11 is 0. The van der Waals surface area contributed by atoms with Crippen LogP contribution in [0.2, 0.25) is 0 Å². The van der Waals surface area contributed by atoms with Crippen LogP contribution in [0.5, 0.6) is 5.75 Å². The predicted octanol–water partition coefficient (Wildman–Crippen LogP) is 4.36. The van der Waals surface area contributed by atoms with Crippen LogP contribution >= 0.6 is 0 Å². The fourth-order valence-electron chi connectivity index (χ4n) is 4.15. The van der Waals surface area contributed by atoms with Crippen molar-refractivity contribution >= 4 is 21.6 Å². The summed E-state index contributed by atoms with van der Waals surface area (Å²) in [4.78, 5) is 12.5. The molecule has 8 heteroatoms. The molecule has 0 bridgehead atoms. The van der Waals surface area contributed by atoms with Crippen molar-refractivity contribution in [1.29, 1.82) is 0 Å². The maximum absolute atomic E-state index is 13.2. The Labute approximate surface area is 199 Å². The third-order valence-electron chi connectivity index (χ3n) is 5.84. The van der Waals surface area contributed by atoms with Gasteiger partial charge in [-0.05, 0) is 72.4 Å². The van der Waals surface area contributed by atoms with Gasteiger partial charge in [0.2, 0.25) is 10.0 Å². The maximum Gasteiger partial charge on any atom is 0.258 e. The minimum absolute atomic E-state index is 0.0155. The first-order valence-electron chi connectivity index (χ1n) is 11.1. The van der Waals surface area contributed by atoms with Gasteiger partial charge in [-0.2, -0.15) is 0 Å². The second-order valence-electron chi connectivity index (χ2n) is 8.39. The lowest BCUT2D eigenvalue weighted by Crippen LogP contribution is -2.34. The molecule has 0 unspecified atom stereocenters. The summed E-state index contributed by atoms with van der Waals surface area (Å²) in [6.07, 6.45) is 4.07. The molecule has 1 aliphatic rings. The molecule has 3 aromatic carbocycles. The van der Waals surface area contributed by atoms with Gasteiger partial charge in [-0.1, -0.05) is 36.4 Å². The van der Waals surface area contributed by atoms with Gasteiger partial charge in [-0.25, -0.2) is 12.8 Å². The lowest BCUT2D eigenvalue weighted by molar-refractivity contribution is -0.123. The summed E-state index contributed by atoms with van der Waals surface area (Å²) in [6.45, 7) is -0.0615. The molecule has 4 rings (SSSR count). The number of rotatable bonds is 8. The maximum atomic E-state index is 13.2. The fourth-order valence-corrected chi connectivity index (χ4v) is 5.04. The van der Waals surface area contributed by atoms with Gasteiger partial charge in [0.25, 0.3) is 5.91 Å². The third-order valence-corrected chi connectivity index (χ3v) is 6.98. The van der Waals surface area contributed by atoms with Crippen LogP contribution in [0.1, 0.15) is 35.6 Å². The summed E-state index contributed by atoms with van der Waals surface area (Å²) in [5.41, 5.74) is 3.54. The van der Waals surface area contributed by atoms with Crippen LogP contribution < -0.4 is 14.4 Å². The summed E-state index contributed by atoms with van der Waals surface area (Å²) in [5.74, 6) is -0.133. The highest BCUT2D eigenvalue weighted by Gasteiger charge is 2.22. The van der Waals surface area contributed by atoms with E-state index in [1.165, 1.54) is 22.0 Å². The number of benzene rings is 3. The quantitative estimate of drug-likeness (QED) is 0.518. The molecular weight excluding hydrogens is 455 g/mol. The number of ether oxygens (including phenoxy) is 1. The molecule has 0 saturated carbocycles. The number of hydrogen-bond donors (Lipinski definition) is 1. The Morgan fingerprint density at radius 3 is 2.47 bits per heavy atom. The molecule has 1 N–H and O–H groups in total. The van der Waals surface area contributed by atoms with Gasteiger partial charge < -0.3 is 10.1 Å². The molecule has 0 saturated heterocycles. The number of halogens is 1. The first kappa shape index (κ1) is 23.8. The van der Waals surface area contributed by atoms with Crippen molar-refractivity contribution in [1.82, 2.24) is 5.32 Å². The summed E-state index contributed by atoms with van der Waals surface area (Å²) in [7, 11) is -3.57. The number of carbonyl (C=O) groups is 1. The van der Waals surface area contributed by atoms with E-state index in [1.54, 1.807) is 36.4 Å². The number of anilines is 1. The SMILES string of the molecule is CS(=O)(=O)N(Cc1ccc(F)cc1)c1ccc(OCC(=O)N[C@@H]2CCCc3ccccc32)cc1. The van der Waals surface area contributed by atoms with Crippen LogP contribution in [0.4, 0.5) is 10.1 Å². The highest BCUT2D eigenvalue weighted by molar-refractivity contribution is 7.92. The zero-order valence-electron chi connectivity index (χ0n) is 18.9. The van der Waals surface area contributed by atoms with Gasteiger partial charge in [-0.3, -0.25) is 9.10 Å². The lowest BCUT2D eigenvalue weighted by atomic mass is 9.88. The highest BCUT2D eigenvalue weighted by atomic mass is 32.2. The van der Waals surface area contributed by atoms with E-state index in [9.17, 15) is 17.6 Å². The summed E-state index contributed by atoms with van der Waals surface area (Å²) in [6, 6.07) is 20.3. The third kappa shape index (κ3) is 5.94. The molecule has 0 aliphatic heterocycles. The van der Waals surface area contributed by atoms with Gasteiger partial charge >= 0.3 is 0 Å². The minimum atomic E-state index is -3.57. The Morgan fingerprint density at radius 2 is 1.76 bits per heavy atom. The van der Waals surface area contributed by atoms with Crippen LogP contribution in [0, 0.1) is 5.82 Å². The number of nitrogens with zero attached hydrogens (tertiary/aromatic N) is 1. The topological polar surface area (TPSA) is 75.7 Å². The van der Waals surface area contributed by atoms with E-state index >= 15 is 0 Å². The van der Waals surface area contributed by atoms with Gasteiger partial charge in [0.1, 0.15) is 11.6 Å². The largest absolute Gasteiger partial charge is 0.484 e. The minimum Gasteiger partial charge on any atom is -0.484 e. The number of aryl methyl sites for hydroxylation is 1. The first-order valence-corrected chi connectivity index (χ1v) is 13.0. The van der Waals surface area contributed by atoms with Gasteiger partial charge in [0, 0.05) is 0 Å².